The summed E-state index contributed by atoms with van der Waals surface area (Å²) in [6.07, 6.45) is -2.24. The normalized spacial score (nSPS) is 12.0. The maximum atomic E-state index is 12.9. The molecule has 0 aliphatic carbocycles. The summed E-state index contributed by atoms with van der Waals surface area (Å²) in [5.74, 6) is -1.36. The van der Waals surface area contributed by atoms with Crippen molar-refractivity contribution in [1.82, 2.24) is 10.1 Å². The van der Waals surface area contributed by atoms with E-state index in [1.165, 1.54) is 18.3 Å². The molecular weight excluding hydrogens is 289 g/mol. The SMILES string of the molecule is O=C(O)c1cnoc1-c1c[nH]c2c(C(F)(F)F)cccc12. The Balaban J connectivity index is 2.27. The third-order valence-electron chi connectivity index (χ3n) is 3.07. The Bertz CT molecular complexity index is 833. The second kappa shape index (κ2) is 4.37. The van der Waals surface area contributed by atoms with Crippen molar-refractivity contribution < 1.29 is 27.6 Å². The molecule has 0 fully saturated rings. The van der Waals surface area contributed by atoms with Crippen LogP contribution >= 0.6 is 0 Å². The van der Waals surface area contributed by atoms with Crippen molar-refractivity contribution in [3.8, 4) is 11.3 Å². The van der Waals surface area contributed by atoms with Crippen molar-refractivity contribution in [1.29, 1.82) is 0 Å². The lowest BCUT2D eigenvalue weighted by molar-refractivity contribution is -0.136. The van der Waals surface area contributed by atoms with Gasteiger partial charge in [0.05, 0.1) is 17.3 Å². The van der Waals surface area contributed by atoms with Gasteiger partial charge in [0.15, 0.2) is 5.76 Å². The van der Waals surface area contributed by atoms with Gasteiger partial charge < -0.3 is 14.6 Å². The van der Waals surface area contributed by atoms with Gasteiger partial charge in [-0.05, 0) is 6.07 Å². The largest absolute Gasteiger partial charge is 0.477 e. The Hall–Kier alpha value is -2.77. The van der Waals surface area contributed by atoms with E-state index < -0.39 is 17.7 Å². The fourth-order valence-electron chi connectivity index (χ4n) is 2.16. The number of hydrogen-bond donors (Lipinski definition) is 2. The lowest BCUT2D eigenvalue weighted by Crippen LogP contribution is -2.05. The number of fused-ring (bicyclic) bond motifs is 1. The van der Waals surface area contributed by atoms with E-state index in [4.69, 9.17) is 9.63 Å². The molecule has 8 heteroatoms. The van der Waals surface area contributed by atoms with Crippen LogP contribution in [0.3, 0.4) is 0 Å². The van der Waals surface area contributed by atoms with E-state index in [0.29, 0.717) is 0 Å². The summed E-state index contributed by atoms with van der Waals surface area (Å²) in [4.78, 5) is 13.6. The van der Waals surface area contributed by atoms with Crippen LogP contribution < -0.4 is 0 Å². The van der Waals surface area contributed by atoms with Gasteiger partial charge in [-0.3, -0.25) is 0 Å². The molecular formula is C13H7F3N2O3. The lowest BCUT2D eigenvalue weighted by atomic mass is 10.1. The number of nitrogens with zero attached hydrogens (tertiary/aromatic N) is 1. The van der Waals surface area contributed by atoms with Gasteiger partial charge in [-0.15, -0.1) is 0 Å². The van der Waals surface area contributed by atoms with Crippen LogP contribution in [0, 0.1) is 0 Å². The molecule has 3 rings (SSSR count). The van der Waals surface area contributed by atoms with E-state index in [1.54, 1.807) is 0 Å². The molecule has 2 aromatic heterocycles. The van der Waals surface area contributed by atoms with Crippen LogP contribution in [0.5, 0.6) is 0 Å². The third-order valence-corrected chi connectivity index (χ3v) is 3.07. The highest BCUT2D eigenvalue weighted by molar-refractivity contribution is 6.02. The van der Waals surface area contributed by atoms with Crippen molar-refractivity contribution in [3.63, 3.8) is 0 Å². The van der Waals surface area contributed by atoms with E-state index in [9.17, 15) is 18.0 Å². The summed E-state index contributed by atoms with van der Waals surface area (Å²) in [5.41, 5.74) is -0.963. The molecule has 2 heterocycles. The summed E-state index contributed by atoms with van der Waals surface area (Å²) in [6, 6.07) is 3.64. The predicted molar refractivity (Wildman–Crippen MR) is 65.8 cm³/mol. The number of para-hydroxylation sites is 1. The number of alkyl halides is 3. The summed E-state index contributed by atoms with van der Waals surface area (Å²) in [7, 11) is 0. The Morgan fingerprint density at radius 2 is 2.10 bits per heavy atom. The average molecular weight is 296 g/mol. The number of aromatic amines is 1. The molecule has 0 aliphatic heterocycles. The number of aromatic nitrogens is 2. The second-order valence-corrected chi connectivity index (χ2v) is 4.30. The molecule has 5 nitrogen and oxygen atoms in total. The number of carbonyl (C=O) groups is 1. The molecule has 0 atom stereocenters. The Morgan fingerprint density at radius 3 is 2.76 bits per heavy atom. The van der Waals surface area contributed by atoms with E-state index in [0.717, 1.165) is 12.3 Å². The molecule has 2 N–H and O–H groups in total. The molecule has 0 saturated carbocycles. The predicted octanol–water partition coefficient (Wildman–Crippen LogP) is 3.54. The zero-order valence-electron chi connectivity index (χ0n) is 10.2. The molecule has 1 aromatic carbocycles. The molecule has 108 valence electrons. The van der Waals surface area contributed by atoms with Crippen LogP contribution in [0.15, 0.2) is 35.1 Å². The minimum absolute atomic E-state index is 0.0897. The maximum Gasteiger partial charge on any atom is 0.418 e. The van der Waals surface area contributed by atoms with Crippen LogP contribution in [0.2, 0.25) is 0 Å². The number of halogens is 3. The van der Waals surface area contributed by atoms with Gasteiger partial charge in [0.2, 0.25) is 0 Å². The average Bonchev–Trinajstić information content (AvgIpc) is 3.02. The number of rotatable bonds is 2. The molecule has 0 saturated heterocycles. The first-order valence-electron chi connectivity index (χ1n) is 5.75. The first-order valence-corrected chi connectivity index (χ1v) is 5.75. The summed E-state index contributed by atoms with van der Waals surface area (Å²) in [6.45, 7) is 0. The van der Waals surface area contributed by atoms with Crippen LogP contribution in [0.4, 0.5) is 13.2 Å². The van der Waals surface area contributed by atoms with Crippen molar-refractivity contribution in [3.05, 3.63) is 41.7 Å². The molecule has 3 aromatic rings. The highest BCUT2D eigenvalue weighted by Crippen LogP contribution is 2.38. The Morgan fingerprint density at radius 1 is 1.33 bits per heavy atom. The highest BCUT2D eigenvalue weighted by atomic mass is 19.4. The third kappa shape index (κ3) is 2.04. The van der Waals surface area contributed by atoms with Crippen molar-refractivity contribution in [2.24, 2.45) is 0 Å². The first kappa shape index (κ1) is 13.2. The lowest BCUT2D eigenvalue weighted by Gasteiger charge is -2.07. The van der Waals surface area contributed by atoms with Crippen molar-refractivity contribution in [2.75, 3.05) is 0 Å². The van der Waals surface area contributed by atoms with Gasteiger partial charge in [0.1, 0.15) is 5.56 Å². The van der Waals surface area contributed by atoms with Crippen LogP contribution in [-0.2, 0) is 6.18 Å². The van der Waals surface area contributed by atoms with Crippen LogP contribution in [0.25, 0.3) is 22.2 Å². The summed E-state index contributed by atoms with van der Waals surface area (Å²) >= 11 is 0. The smallest absolute Gasteiger partial charge is 0.418 e. The van der Waals surface area contributed by atoms with Crippen LogP contribution in [-0.4, -0.2) is 21.2 Å². The number of aromatic carboxylic acids is 1. The van der Waals surface area contributed by atoms with E-state index in [2.05, 4.69) is 10.1 Å². The minimum Gasteiger partial charge on any atom is -0.477 e. The monoisotopic (exact) mass is 296 g/mol. The first-order chi connectivity index (χ1) is 9.89. The van der Waals surface area contributed by atoms with Gasteiger partial charge in [0.25, 0.3) is 0 Å². The second-order valence-electron chi connectivity index (χ2n) is 4.30. The number of hydrogen-bond acceptors (Lipinski definition) is 3. The minimum atomic E-state index is -4.52. The Kier molecular flexibility index (Phi) is 2.75. The van der Waals surface area contributed by atoms with E-state index in [-0.39, 0.29) is 27.8 Å². The van der Waals surface area contributed by atoms with Crippen molar-refractivity contribution in [2.45, 2.75) is 6.18 Å². The van der Waals surface area contributed by atoms with Gasteiger partial charge in [-0.25, -0.2) is 4.79 Å². The number of carboxylic acids is 1. The summed E-state index contributed by atoms with van der Waals surface area (Å²) < 4.78 is 43.7. The maximum absolute atomic E-state index is 12.9. The Labute approximate surface area is 115 Å². The molecule has 0 bridgehead atoms. The van der Waals surface area contributed by atoms with Gasteiger partial charge in [-0.2, -0.15) is 13.2 Å². The standard InChI is InChI=1S/C13H7F3N2O3/c14-13(15,16)9-3-1-2-6-7(4-17-10(6)9)11-8(12(19)20)5-18-21-11/h1-5,17H,(H,19,20). The number of carboxylic acid groups (broad SMARTS) is 1. The fourth-order valence-corrected chi connectivity index (χ4v) is 2.16. The topological polar surface area (TPSA) is 79.1 Å². The number of benzene rings is 1. The number of H-pyrrole nitrogens is 1. The van der Waals surface area contributed by atoms with E-state index in [1.807, 2.05) is 0 Å². The highest BCUT2D eigenvalue weighted by Gasteiger charge is 2.33. The van der Waals surface area contributed by atoms with E-state index >= 15 is 0 Å². The van der Waals surface area contributed by atoms with Gasteiger partial charge in [0, 0.05) is 17.1 Å². The molecule has 0 unspecified atom stereocenters. The quantitative estimate of drug-likeness (QED) is 0.758. The zero-order valence-corrected chi connectivity index (χ0v) is 10.2. The fraction of sp³-hybridized carbons (Fsp3) is 0.0769. The van der Waals surface area contributed by atoms with Crippen molar-refractivity contribution >= 4 is 16.9 Å². The molecule has 0 amide bonds. The van der Waals surface area contributed by atoms with Gasteiger partial charge >= 0.3 is 12.1 Å². The van der Waals surface area contributed by atoms with Gasteiger partial charge in [-0.1, -0.05) is 17.3 Å². The molecule has 21 heavy (non-hydrogen) atoms. The molecule has 0 radical (unpaired) electrons. The number of nitrogens with one attached hydrogen (secondary N) is 1. The molecule has 0 aliphatic rings. The summed E-state index contributed by atoms with van der Waals surface area (Å²) in [5, 5.41) is 12.6. The zero-order chi connectivity index (χ0) is 15.2. The molecule has 0 spiro atoms. The van der Waals surface area contributed by atoms with Crippen LogP contribution in [0.1, 0.15) is 15.9 Å².